The van der Waals surface area contributed by atoms with Crippen LogP contribution in [0.25, 0.3) is 0 Å². The molecule has 76 valence electrons. The molecular formula is C10H20N2O. The molecule has 1 aliphatic heterocycles. The zero-order chi connectivity index (χ0) is 10.1. The van der Waals surface area contributed by atoms with Crippen molar-refractivity contribution in [3.05, 3.63) is 0 Å². The molecule has 0 aromatic heterocycles. The number of methoxy groups -OCH3 is 1. The monoisotopic (exact) mass is 184 g/mol. The first-order valence-electron chi connectivity index (χ1n) is 4.86. The lowest BCUT2D eigenvalue weighted by Crippen LogP contribution is -2.40. The van der Waals surface area contributed by atoms with Crippen LogP contribution >= 0.6 is 0 Å². The first kappa shape index (κ1) is 10.5. The van der Waals surface area contributed by atoms with E-state index in [4.69, 9.17) is 4.74 Å². The minimum Gasteiger partial charge on any atom is -0.483 e. The van der Waals surface area contributed by atoms with Gasteiger partial charge in [0, 0.05) is 0 Å². The van der Waals surface area contributed by atoms with E-state index < -0.39 is 0 Å². The molecule has 0 saturated carbocycles. The predicted molar refractivity (Wildman–Crippen MR) is 54.9 cm³/mol. The first-order valence-corrected chi connectivity index (χ1v) is 4.86. The lowest BCUT2D eigenvalue weighted by Gasteiger charge is -2.25. The molecule has 0 amide bonds. The number of aliphatic imine (C=N–C) groups is 1. The Hall–Kier alpha value is -0.570. The van der Waals surface area contributed by atoms with E-state index in [9.17, 15) is 0 Å². The third-order valence-corrected chi connectivity index (χ3v) is 2.35. The summed E-state index contributed by atoms with van der Waals surface area (Å²) in [5, 5.41) is 3.45. The molecule has 0 aromatic rings. The van der Waals surface area contributed by atoms with Crippen molar-refractivity contribution in [3.8, 4) is 0 Å². The molecule has 2 atom stereocenters. The van der Waals surface area contributed by atoms with Crippen molar-refractivity contribution < 1.29 is 4.74 Å². The molecule has 3 nitrogen and oxygen atoms in total. The van der Waals surface area contributed by atoms with E-state index in [0.29, 0.717) is 6.04 Å². The number of ether oxygens (including phenoxy) is 1. The van der Waals surface area contributed by atoms with Crippen LogP contribution in [0.3, 0.4) is 0 Å². The van der Waals surface area contributed by atoms with Crippen molar-refractivity contribution in [2.75, 3.05) is 7.11 Å². The molecule has 3 heteroatoms. The molecule has 0 bridgehead atoms. The van der Waals surface area contributed by atoms with E-state index in [0.717, 1.165) is 12.3 Å². The fourth-order valence-electron chi connectivity index (χ4n) is 1.45. The van der Waals surface area contributed by atoms with Crippen molar-refractivity contribution in [3.63, 3.8) is 0 Å². The molecule has 1 N–H and O–H groups in total. The van der Waals surface area contributed by atoms with Crippen molar-refractivity contribution in [2.24, 2.45) is 10.4 Å². The molecule has 1 aliphatic rings. The van der Waals surface area contributed by atoms with Crippen molar-refractivity contribution in [2.45, 2.75) is 46.3 Å². The SMILES string of the molecule is CCC1NC(C(C)(C)C)N=C1OC. The summed E-state index contributed by atoms with van der Waals surface area (Å²) >= 11 is 0. The van der Waals surface area contributed by atoms with Gasteiger partial charge < -0.3 is 4.74 Å². The Kier molecular flexibility index (Phi) is 2.96. The average molecular weight is 184 g/mol. The molecule has 0 aromatic carbocycles. The summed E-state index contributed by atoms with van der Waals surface area (Å²) in [5.41, 5.74) is 0.160. The summed E-state index contributed by atoms with van der Waals surface area (Å²) in [6.45, 7) is 8.68. The van der Waals surface area contributed by atoms with E-state index in [1.165, 1.54) is 0 Å². The number of rotatable bonds is 1. The lowest BCUT2D eigenvalue weighted by atomic mass is 9.93. The lowest BCUT2D eigenvalue weighted by molar-refractivity contribution is 0.282. The summed E-state index contributed by atoms with van der Waals surface area (Å²) in [7, 11) is 1.69. The number of nitrogens with zero attached hydrogens (tertiary/aromatic N) is 1. The van der Waals surface area contributed by atoms with E-state index in [-0.39, 0.29) is 11.6 Å². The topological polar surface area (TPSA) is 33.6 Å². The van der Waals surface area contributed by atoms with Gasteiger partial charge in [0.05, 0.1) is 13.2 Å². The van der Waals surface area contributed by atoms with Crippen LogP contribution in [0.2, 0.25) is 0 Å². The van der Waals surface area contributed by atoms with Crippen LogP contribution in [0.1, 0.15) is 34.1 Å². The predicted octanol–water partition coefficient (Wildman–Crippen LogP) is 1.79. The van der Waals surface area contributed by atoms with E-state index in [2.05, 4.69) is 38.0 Å². The zero-order valence-corrected chi connectivity index (χ0v) is 9.22. The highest BCUT2D eigenvalue weighted by Crippen LogP contribution is 2.25. The van der Waals surface area contributed by atoms with Crippen LogP contribution in [0.15, 0.2) is 4.99 Å². The van der Waals surface area contributed by atoms with Crippen LogP contribution in [0, 0.1) is 5.41 Å². The molecule has 0 radical (unpaired) electrons. The summed E-state index contributed by atoms with van der Waals surface area (Å²) in [4.78, 5) is 4.51. The molecular weight excluding hydrogens is 164 g/mol. The maximum atomic E-state index is 5.23. The maximum Gasteiger partial charge on any atom is 0.202 e. The quantitative estimate of drug-likeness (QED) is 0.674. The van der Waals surface area contributed by atoms with Crippen LogP contribution in [-0.2, 0) is 4.74 Å². The van der Waals surface area contributed by atoms with Gasteiger partial charge in [0.15, 0.2) is 0 Å². The van der Waals surface area contributed by atoms with Gasteiger partial charge in [-0.05, 0) is 11.8 Å². The van der Waals surface area contributed by atoms with Gasteiger partial charge in [0.2, 0.25) is 5.90 Å². The molecule has 1 rings (SSSR count). The largest absolute Gasteiger partial charge is 0.483 e. The number of nitrogens with one attached hydrogen (secondary N) is 1. The van der Waals surface area contributed by atoms with E-state index in [1.54, 1.807) is 7.11 Å². The Morgan fingerprint density at radius 1 is 1.46 bits per heavy atom. The Bertz CT molecular complexity index is 205. The van der Waals surface area contributed by atoms with E-state index >= 15 is 0 Å². The number of hydrogen-bond acceptors (Lipinski definition) is 3. The Balaban J connectivity index is 2.72. The maximum absolute atomic E-state index is 5.23. The third-order valence-electron chi connectivity index (χ3n) is 2.35. The second-order valence-corrected chi connectivity index (χ2v) is 4.57. The molecule has 0 aliphatic carbocycles. The van der Waals surface area contributed by atoms with Crippen LogP contribution in [0.5, 0.6) is 0 Å². The fraction of sp³-hybridized carbons (Fsp3) is 0.900. The second kappa shape index (κ2) is 3.66. The number of hydrogen-bond donors (Lipinski definition) is 1. The molecule has 13 heavy (non-hydrogen) atoms. The zero-order valence-electron chi connectivity index (χ0n) is 9.22. The Labute approximate surface area is 80.6 Å². The highest BCUT2D eigenvalue weighted by molar-refractivity contribution is 5.83. The standard InChI is InChI=1S/C10H20N2O/c1-6-7-8(13-5)12-9(11-7)10(2,3)4/h7,9,11H,6H2,1-5H3. The normalized spacial score (nSPS) is 28.8. The van der Waals surface area contributed by atoms with Gasteiger partial charge in [-0.15, -0.1) is 0 Å². The average Bonchev–Trinajstić information content (AvgIpc) is 2.45. The van der Waals surface area contributed by atoms with Gasteiger partial charge in [0.25, 0.3) is 0 Å². The van der Waals surface area contributed by atoms with Gasteiger partial charge in [-0.25, -0.2) is 4.99 Å². The second-order valence-electron chi connectivity index (χ2n) is 4.57. The summed E-state index contributed by atoms with van der Waals surface area (Å²) in [6.07, 6.45) is 1.21. The van der Waals surface area contributed by atoms with Gasteiger partial charge >= 0.3 is 0 Å². The molecule has 0 saturated heterocycles. The van der Waals surface area contributed by atoms with Gasteiger partial charge in [-0.2, -0.15) is 0 Å². The minimum absolute atomic E-state index is 0.160. The highest BCUT2D eigenvalue weighted by Gasteiger charge is 2.34. The van der Waals surface area contributed by atoms with Crippen LogP contribution in [0.4, 0.5) is 0 Å². The molecule has 2 unspecified atom stereocenters. The minimum atomic E-state index is 0.160. The summed E-state index contributed by atoms with van der Waals surface area (Å²) < 4.78 is 5.23. The summed E-state index contributed by atoms with van der Waals surface area (Å²) in [6, 6.07) is 0.300. The van der Waals surface area contributed by atoms with Crippen molar-refractivity contribution in [1.82, 2.24) is 5.32 Å². The van der Waals surface area contributed by atoms with Crippen molar-refractivity contribution >= 4 is 5.90 Å². The molecule has 1 heterocycles. The smallest absolute Gasteiger partial charge is 0.202 e. The van der Waals surface area contributed by atoms with Crippen molar-refractivity contribution in [1.29, 1.82) is 0 Å². The van der Waals surface area contributed by atoms with Gasteiger partial charge in [0.1, 0.15) is 6.17 Å². The molecule has 0 spiro atoms. The van der Waals surface area contributed by atoms with E-state index in [1.807, 2.05) is 0 Å². The summed E-state index contributed by atoms with van der Waals surface area (Å²) in [5.74, 6) is 0.849. The highest BCUT2D eigenvalue weighted by atomic mass is 16.5. The van der Waals surface area contributed by atoms with Crippen LogP contribution in [-0.4, -0.2) is 25.2 Å². The van der Waals surface area contributed by atoms with Gasteiger partial charge in [-0.3, -0.25) is 5.32 Å². The Morgan fingerprint density at radius 3 is 2.38 bits per heavy atom. The van der Waals surface area contributed by atoms with Crippen LogP contribution < -0.4 is 5.32 Å². The first-order chi connectivity index (χ1) is 5.99. The fourth-order valence-corrected chi connectivity index (χ4v) is 1.45. The Morgan fingerprint density at radius 2 is 2.08 bits per heavy atom. The third kappa shape index (κ3) is 2.21. The van der Waals surface area contributed by atoms with Gasteiger partial charge in [-0.1, -0.05) is 27.7 Å². The molecule has 0 fully saturated rings.